The summed E-state index contributed by atoms with van der Waals surface area (Å²) in [4.78, 5) is 9.18. The second kappa shape index (κ2) is 8.99. The number of hydrogen-bond acceptors (Lipinski definition) is 6. The van der Waals surface area contributed by atoms with Gasteiger partial charge in [-0.05, 0) is 44.5 Å². The van der Waals surface area contributed by atoms with Crippen molar-refractivity contribution < 1.29 is 13.2 Å². The number of para-hydroxylation sites is 2. The van der Waals surface area contributed by atoms with Crippen molar-refractivity contribution in [2.45, 2.75) is 31.3 Å². The molecular weight excluding hydrogens is 376 g/mol. The number of nitrogens with one attached hydrogen (secondary N) is 2. The van der Waals surface area contributed by atoms with Crippen LogP contribution in [0, 0.1) is 0 Å². The smallest absolute Gasteiger partial charge is 0.263 e. The normalized spacial score (nSPS) is 11.7. The number of rotatable bonds is 9. The Labute approximate surface area is 165 Å². The third kappa shape index (κ3) is 5.17. The number of benzene rings is 2. The largest absolute Gasteiger partial charge is 0.379 e. The van der Waals surface area contributed by atoms with Crippen molar-refractivity contribution in [1.82, 2.24) is 9.97 Å². The molecule has 0 aliphatic heterocycles. The van der Waals surface area contributed by atoms with Crippen molar-refractivity contribution in [2.75, 3.05) is 23.2 Å². The zero-order valence-electron chi connectivity index (χ0n) is 15.9. The van der Waals surface area contributed by atoms with Gasteiger partial charge in [0.15, 0.2) is 11.6 Å². The molecule has 0 aliphatic carbocycles. The lowest BCUT2D eigenvalue weighted by atomic mass is 10.3. The Morgan fingerprint density at radius 2 is 1.54 bits per heavy atom. The highest BCUT2D eigenvalue weighted by Gasteiger charge is 2.18. The molecule has 28 heavy (non-hydrogen) atoms. The van der Waals surface area contributed by atoms with Crippen LogP contribution in [0.25, 0.3) is 11.0 Å². The summed E-state index contributed by atoms with van der Waals surface area (Å²) >= 11 is 0. The Hall–Kier alpha value is -2.71. The second-order valence-electron chi connectivity index (χ2n) is 6.53. The van der Waals surface area contributed by atoms with Crippen LogP contribution in [0.1, 0.15) is 20.3 Å². The van der Waals surface area contributed by atoms with Crippen LogP contribution in [0.3, 0.4) is 0 Å². The lowest BCUT2D eigenvalue weighted by Crippen LogP contribution is -2.17. The Bertz CT molecular complexity index is 1020. The average molecular weight is 401 g/mol. The highest BCUT2D eigenvalue weighted by atomic mass is 32.2. The second-order valence-corrected chi connectivity index (χ2v) is 8.21. The highest BCUT2D eigenvalue weighted by molar-refractivity contribution is 7.92. The van der Waals surface area contributed by atoms with Gasteiger partial charge in [0.25, 0.3) is 10.0 Å². The quantitative estimate of drug-likeness (QED) is 0.533. The van der Waals surface area contributed by atoms with Gasteiger partial charge in [-0.25, -0.2) is 18.4 Å². The summed E-state index contributed by atoms with van der Waals surface area (Å²) in [5, 5.41) is 3.17. The summed E-state index contributed by atoms with van der Waals surface area (Å²) in [7, 11) is -3.77. The first-order valence-electron chi connectivity index (χ1n) is 9.16. The van der Waals surface area contributed by atoms with Crippen LogP contribution in [-0.4, -0.2) is 37.6 Å². The zero-order valence-corrected chi connectivity index (χ0v) is 16.7. The fraction of sp³-hybridized carbons (Fsp3) is 0.300. The number of fused-ring (bicyclic) bond motifs is 1. The molecule has 0 amide bonds. The molecule has 1 heterocycles. The van der Waals surface area contributed by atoms with E-state index < -0.39 is 10.0 Å². The molecule has 0 aliphatic rings. The number of nitrogens with zero attached hydrogens (tertiary/aromatic N) is 2. The number of aromatic nitrogens is 2. The van der Waals surface area contributed by atoms with Crippen LogP contribution in [0.5, 0.6) is 0 Å². The van der Waals surface area contributed by atoms with Crippen molar-refractivity contribution in [3.63, 3.8) is 0 Å². The highest BCUT2D eigenvalue weighted by Crippen LogP contribution is 2.24. The van der Waals surface area contributed by atoms with Gasteiger partial charge in [0.1, 0.15) is 0 Å². The molecule has 0 radical (unpaired) electrons. The molecule has 2 aromatic carbocycles. The number of anilines is 2. The van der Waals surface area contributed by atoms with Gasteiger partial charge < -0.3 is 10.1 Å². The Morgan fingerprint density at radius 3 is 2.18 bits per heavy atom. The molecule has 0 unspecified atom stereocenters. The summed E-state index contributed by atoms with van der Waals surface area (Å²) in [6.45, 7) is 5.16. The van der Waals surface area contributed by atoms with E-state index in [4.69, 9.17) is 4.74 Å². The van der Waals surface area contributed by atoms with E-state index in [0.717, 1.165) is 6.42 Å². The van der Waals surface area contributed by atoms with Crippen LogP contribution in [-0.2, 0) is 14.8 Å². The molecule has 0 spiro atoms. The van der Waals surface area contributed by atoms with E-state index in [1.165, 1.54) is 12.1 Å². The van der Waals surface area contributed by atoms with Crippen LogP contribution in [0.2, 0.25) is 0 Å². The summed E-state index contributed by atoms with van der Waals surface area (Å²) in [6, 6.07) is 15.5. The zero-order chi connectivity index (χ0) is 20.0. The maximum Gasteiger partial charge on any atom is 0.263 e. The maximum atomic E-state index is 12.7. The van der Waals surface area contributed by atoms with E-state index in [1.54, 1.807) is 24.3 Å². The van der Waals surface area contributed by atoms with E-state index in [2.05, 4.69) is 20.0 Å². The molecular formula is C20H24N4O3S. The predicted molar refractivity (Wildman–Crippen MR) is 111 cm³/mol. The minimum absolute atomic E-state index is 0.168. The average Bonchev–Trinajstić information content (AvgIpc) is 2.68. The molecule has 3 aromatic rings. The maximum absolute atomic E-state index is 12.7. The number of sulfonamides is 1. The van der Waals surface area contributed by atoms with Crippen molar-refractivity contribution >= 4 is 32.7 Å². The van der Waals surface area contributed by atoms with Crippen LogP contribution in [0.15, 0.2) is 59.5 Å². The summed E-state index contributed by atoms with van der Waals surface area (Å²) in [5.41, 5.74) is 1.30. The first kappa shape index (κ1) is 20.0. The molecule has 0 bridgehead atoms. The summed E-state index contributed by atoms with van der Waals surface area (Å²) in [6.07, 6.45) is 0.936. The van der Waals surface area contributed by atoms with Crippen LogP contribution >= 0.6 is 0 Å². The van der Waals surface area contributed by atoms with E-state index in [1.807, 2.05) is 32.0 Å². The van der Waals surface area contributed by atoms with Crippen molar-refractivity contribution in [2.24, 2.45) is 0 Å². The monoisotopic (exact) mass is 400 g/mol. The van der Waals surface area contributed by atoms with Crippen molar-refractivity contribution in [3.05, 3.63) is 54.6 Å². The van der Waals surface area contributed by atoms with Crippen molar-refractivity contribution in [1.29, 1.82) is 0 Å². The number of hydrogen-bond donors (Lipinski definition) is 2. The Balaban J connectivity index is 1.84. The molecule has 0 saturated heterocycles. The molecule has 1 aromatic heterocycles. The van der Waals surface area contributed by atoms with Gasteiger partial charge >= 0.3 is 0 Å². The molecule has 7 nitrogen and oxygen atoms in total. The fourth-order valence-corrected chi connectivity index (χ4v) is 3.61. The molecule has 2 N–H and O–H groups in total. The summed E-state index contributed by atoms with van der Waals surface area (Å²) in [5.74, 6) is 0.565. The Morgan fingerprint density at radius 1 is 0.929 bits per heavy atom. The molecule has 8 heteroatoms. The lowest BCUT2D eigenvalue weighted by molar-refractivity contribution is 0.0787. The first-order chi connectivity index (χ1) is 13.5. The molecule has 0 saturated carbocycles. The SMILES string of the molecule is CC(C)OCCCNc1nc2ccccc2nc1NS(=O)(=O)c1ccccc1. The van der Waals surface area contributed by atoms with Crippen LogP contribution in [0.4, 0.5) is 11.6 Å². The Kier molecular flexibility index (Phi) is 6.43. The van der Waals surface area contributed by atoms with Crippen molar-refractivity contribution in [3.8, 4) is 0 Å². The van der Waals surface area contributed by atoms with Gasteiger partial charge in [-0.2, -0.15) is 0 Å². The first-order valence-corrected chi connectivity index (χ1v) is 10.6. The lowest BCUT2D eigenvalue weighted by Gasteiger charge is -2.14. The van der Waals surface area contributed by atoms with Gasteiger partial charge in [0.2, 0.25) is 0 Å². The van der Waals surface area contributed by atoms with Gasteiger partial charge in [0.05, 0.1) is 22.0 Å². The minimum Gasteiger partial charge on any atom is -0.379 e. The van der Waals surface area contributed by atoms with E-state index >= 15 is 0 Å². The van der Waals surface area contributed by atoms with Gasteiger partial charge in [0, 0.05) is 13.2 Å². The van der Waals surface area contributed by atoms with E-state index in [9.17, 15) is 8.42 Å². The van der Waals surface area contributed by atoms with Gasteiger partial charge in [-0.3, -0.25) is 4.72 Å². The fourth-order valence-electron chi connectivity index (χ4n) is 2.58. The molecule has 0 fully saturated rings. The molecule has 3 rings (SSSR count). The van der Waals surface area contributed by atoms with Gasteiger partial charge in [-0.1, -0.05) is 30.3 Å². The van der Waals surface area contributed by atoms with E-state index in [0.29, 0.717) is 30.0 Å². The summed E-state index contributed by atoms with van der Waals surface area (Å²) < 4.78 is 33.5. The molecule has 0 atom stereocenters. The van der Waals surface area contributed by atoms with Gasteiger partial charge in [-0.15, -0.1) is 0 Å². The third-order valence-electron chi connectivity index (χ3n) is 3.92. The molecule has 148 valence electrons. The predicted octanol–water partition coefficient (Wildman–Crippen LogP) is 3.66. The topological polar surface area (TPSA) is 93.2 Å². The minimum atomic E-state index is -3.77. The number of ether oxygens (including phenoxy) is 1. The third-order valence-corrected chi connectivity index (χ3v) is 5.27. The standard InChI is InChI=1S/C20H24N4O3S/c1-15(2)27-14-8-13-21-19-20(23-18-12-7-6-11-17(18)22-19)24-28(25,26)16-9-4-3-5-10-16/h3-7,9-12,15H,8,13-14H2,1-2H3,(H,21,22)(H,23,24). The van der Waals surface area contributed by atoms with E-state index in [-0.39, 0.29) is 16.8 Å². The van der Waals surface area contributed by atoms with Crippen LogP contribution < -0.4 is 10.0 Å².